The lowest BCUT2D eigenvalue weighted by Crippen LogP contribution is -2.28. The third-order valence-corrected chi connectivity index (χ3v) is 4.30. The second kappa shape index (κ2) is 8.65. The van der Waals surface area contributed by atoms with Crippen LogP contribution in [0.2, 0.25) is 5.02 Å². The fourth-order valence-electron chi connectivity index (χ4n) is 2.57. The van der Waals surface area contributed by atoms with E-state index in [-0.39, 0.29) is 12.5 Å². The van der Waals surface area contributed by atoms with Crippen molar-refractivity contribution < 1.29 is 9.90 Å². The second-order valence-electron chi connectivity index (χ2n) is 6.00. The molecule has 0 aliphatic carbocycles. The summed E-state index contributed by atoms with van der Waals surface area (Å²) in [7, 11) is 0. The van der Waals surface area contributed by atoms with Crippen LogP contribution in [-0.4, -0.2) is 27.3 Å². The van der Waals surface area contributed by atoms with Gasteiger partial charge >= 0.3 is 0 Å². The number of benzene rings is 2. The van der Waals surface area contributed by atoms with E-state index in [9.17, 15) is 9.90 Å². The fraction of sp³-hybridized carbons (Fsp3) is 0.200. The predicted molar refractivity (Wildman–Crippen MR) is 101 cm³/mol. The van der Waals surface area contributed by atoms with Crippen molar-refractivity contribution in [2.45, 2.75) is 18.9 Å². The number of hydrogen-bond acceptors (Lipinski definition) is 3. The molecule has 0 radical (unpaired) electrons. The summed E-state index contributed by atoms with van der Waals surface area (Å²) < 4.78 is 1.79. The van der Waals surface area contributed by atoms with E-state index in [1.54, 1.807) is 35.1 Å². The van der Waals surface area contributed by atoms with Gasteiger partial charge in [0.1, 0.15) is 0 Å². The molecule has 134 valence electrons. The van der Waals surface area contributed by atoms with Gasteiger partial charge in [0.15, 0.2) is 0 Å². The molecule has 3 rings (SSSR count). The first-order chi connectivity index (χ1) is 12.6. The molecule has 1 heterocycles. The van der Waals surface area contributed by atoms with Crippen molar-refractivity contribution in [3.05, 3.63) is 83.1 Å². The number of aryl methyl sites for hydroxylation is 1. The zero-order chi connectivity index (χ0) is 18.4. The summed E-state index contributed by atoms with van der Waals surface area (Å²) in [5.74, 6) is -0.106. The Balaban J connectivity index is 1.45. The van der Waals surface area contributed by atoms with Crippen LogP contribution in [0.15, 0.2) is 67.0 Å². The molecular weight excluding hydrogens is 350 g/mol. The van der Waals surface area contributed by atoms with Crippen LogP contribution in [0.5, 0.6) is 0 Å². The van der Waals surface area contributed by atoms with Crippen molar-refractivity contribution in [2.24, 2.45) is 0 Å². The zero-order valence-electron chi connectivity index (χ0n) is 14.2. The highest BCUT2D eigenvalue weighted by molar-refractivity contribution is 6.30. The van der Waals surface area contributed by atoms with Gasteiger partial charge in [-0.2, -0.15) is 5.10 Å². The Morgan fingerprint density at radius 1 is 1.15 bits per heavy atom. The first kappa shape index (κ1) is 18.2. The standard InChI is InChI=1S/C20H20ClN3O2/c21-17-9-7-16(8-10-17)19(25)13-22-20(26)11-6-15-12-23-24(14-15)18-4-2-1-3-5-18/h1-5,7-10,12,14,19,25H,6,11,13H2,(H,22,26)/t19-/m0/s1. The van der Waals surface area contributed by atoms with E-state index in [2.05, 4.69) is 10.4 Å². The third kappa shape index (κ3) is 4.94. The van der Waals surface area contributed by atoms with E-state index in [4.69, 9.17) is 11.6 Å². The van der Waals surface area contributed by atoms with E-state index in [1.165, 1.54) is 0 Å². The summed E-state index contributed by atoms with van der Waals surface area (Å²) in [6.07, 6.45) is 3.87. The Morgan fingerprint density at radius 3 is 2.62 bits per heavy atom. The molecule has 5 nitrogen and oxygen atoms in total. The topological polar surface area (TPSA) is 67.2 Å². The molecule has 1 amide bonds. The van der Waals surface area contributed by atoms with Crippen LogP contribution in [0.25, 0.3) is 5.69 Å². The minimum atomic E-state index is -0.753. The van der Waals surface area contributed by atoms with Gasteiger partial charge in [-0.15, -0.1) is 0 Å². The maximum Gasteiger partial charge on any atom is 0.220 e. The van der Waals surface area contributed by atoms with E-state index in [0.29, 0.717) is 17.9 Å². The molecule has 6 heteroatoms. The normalized spacial score (nSPS) is 11.9. The van der Waals surface area contributed by atoms with Gasteiger partial charge < -0.3 is 10.4 Å². The van der Waals surface area contributed by atoms with Crippen molar-refractivity contribution in [3.8, 4) is 5.69 Å². The molecule has 3 aromatic rings. The second-order valence-corrected chi connectivity index (χ2v) is 6.44. The summed E-state index contributed by atoms with van der Waals surface area (Å²) in [4.78, 5) is 12.0. The highest BCUT2D eigenvalue weighted by atomic mass is 35.5. The lowest BCUT2D eigenvalue weighted by atomic mass is 10.1. The molecule has 2 aromatic carbocycles. The predicted octanol–water partition coefficient (Wildman–Crippen LogP) is 3.31. The Morgan fingerprint density at radius 2 is 1.88 bits per heavy atom. The molecule has 0 aliphatic heterocycles. The molecule has 0 fully saturated rings. The number of nitrogens with zero attached hydrogens (tertiary/aromatic N) is 2. The Hall–Kier alpha value is -2.63. The average molecular weight is 370 g/mol. The van der Waals surface area contributed by atoms with E-state index in [0.717, 1.165) is 16.8 Å². The zero-order valence-corrected chi connectivity index (χ0v) is 14.9. The highest BCUT2D eigenvalue weighted by Crippen LogP contribution is 2.16. The van der Waals surface area contributed by atoms with Gasteiger partial charge in [0.05, 0.1) is 18.0 Å². The van der Waals surface area contributed by atoms with Crippen molar-refractivity contribution in [3.63, 3.8) is 0 Å². The maximum absolute atomic E-state index is 12.0. The lowest BCUT2D eigenvalue weighted by Gasteiger charge is -2.12. The minimum Gasteiger partial charge on any atom is -0.387 e. The number of para-hydroxylation sites is 1. The highest BCUT2D eigenvalue weighted by Gasteiger charge is 2.10. The van der Waals surface area contributed by atoms with Crippen molar-refractivity contribution in [1.82, 2.24) is 15.1 Å². The Bertz CT molecular complexity index is 847. The van der Waals surface area contributed by atoms with E-state index in [1.807, 2.05) is 36.5 Å². The smallest absolute Gasteiger partial charge is 0.220 e. The fourth-order valence-corrected chi connectivity index (χ4v) is 2.70. The molecule has 2 N–H and O–H groups in total. The van der Waals surface area contributed by atoms with Crippen LogP contribution in [0, 0.1) is 0 Å². The number of aliphatic hydroxyl groups is 1. The first-order valence-electron chi connectivity index (χ1n) is 8.41. The molecule has 0 unspecified atom stereocenters. The van der Waals surface area contributed by atoms with Gasteiger partial charge in [-0.25, -0.2) is 4.68 Å². The summed E-state index contributed by atoms with van der Waals surface area (Å²) in [6.45, 7) is 0.170. The maximum atomic E-state index is 12.0. The van der Waals surface area contributed by atoms with Crippen LogP contribution < -0.4 is 5.32 Å². The summed E-state index contributed by atoms with van der Waals surface area (Å²) in [5.41, 5.74) is 2.69. The first-order valence-corrected chi connectivity index (χ1v) is 8.79. The van der Waals surface area contributed by atoms with Crippen molar-refractivity contribution in [2.75, 3.05) is 6.54 Å². The minimum absolute atomic E-state index is 0.106. The summed E-state index contributed by atoms with van der Waals surface area (Å²) in [5, 5.41) is 17.8. The summed E-state index contributed by atoms with van der Waals surface area (Å²) >= 11 is 5.83. The largest absolute Gasteiger partial charge is 0.387 e. The molecule has 1 aromatic heterocycles. The van der Waals surface area contributed by atoms with Gasteiger partial charge in [0, 0.05) is 24.2 Å². The molecule has 1 atom stereocenters. The number of aliphatic hydroxyl groups excluding tert-OH is 1. The molecule has 0 spiro atoms. The van der Waals surface area contributed by atoms with Gasteiger partial charge in [0.2, 0.25) is 5.91 Å². The van der Waals surface area contributed by atoms with Gasteiger partial charge in [-0.1, -0.05) is 41.9 Å². The molecule has 26 heavy (non-hydrogen) atoms. The van der Waals surface area contributed by atoms with Crippen LogP contribution in [0.3, 0.4) is 0 Å². The Kier molecular flexibility index (Phi) is 6.04. The number of halogens is 1. The number of hydrogen-bond donors (Lipinski definition) is 2. The number of nitrogens with one attached hydrogen (secondary N) is 1. The molecule has 0 aliphatic rings. The molecule has 0 bridgehead atoms. The van der Waals surface area contributed by atoms with Gasteiger partial charge in [-0.05, 0) is 41.8 Å². The van der Waals surface area contributed by atoms with Crippen LogP contribution in [0.4, 0.5) is 0 Å². The number of carbonyl (C=O) groups is 1. The molecule has 0 saturated heterocycles. The van der Waals surface area contributed by atoms with E-state index < -0.39 is 6.10 Å². The molecular formula is C20H20ClN3O2. The van der Waals surface area contributed by atoms with Gasteiger partial charge in [0.25, 0.3) is 0 Å². The SMILES string of the molecule is O=C(CCc1cnn(-c2ccccc2)c1)NC[C@H](O)c1ccc(Cl)cc1. The number of rotatable bonds is 7. The van der Waals surface area contributed by atoms with Crippen LogP contribution in [-0.2, 0) is 11.2 Å². The van der Waals surface area contributed by atoms with Crippen LogP contribution >= 0.6 is 11.6 Å². The summed E-state index contributed by atoms with van der Waals surface area (Å²) in [6, 6.07) is 16.7. The van der Waals surface area contributed by atoms with Gasteiger partial charge in [-0.3, -0.25) is 4.79 Å². The number of carbonyl (C=O) groups excluding carboxylic acids is 1. The van der Waals surface area contributed by atoms with Crippen LogP contribution in [0.1, 0.15) is 23.7 Å². The lowest BCUT2D eigenvalue weighted by molar-refractivity contribution is -0.121. The quantitative estimate of drug-likeness (QED) is 0.671. The van der Waals surface area contributed by atoms with E-state index >= 15 is 0 Å². The Labute approximate surface area is 157 Å². The number of aromatic nitrogens is 2. The average Bonchev–Trinajstić information content (AvgIpc) is 3.15. The number of amides is 1. The third-order valence-electron chi connectivity index (χ3n) is 4.04. The van der Waals surface area contributed by atoms with Crippen molar-refractivity contribution >= 4 is 17.5 Å². The molecule has 0 saturated carbocycles. The van der Waals surface area contributed by atoms with Crippen molar-refractivity contribution in [1.29, 1.82) is 0 Å². The monoisotopic (exact) mass is 369 g/mol.